The van der Waals surface area contributed by atoms with E-state index in [-0.39, 0.29) is 0 Å². The van der Waals surface area contributed by atoms with Crippen molar-refractivity contribution in [2.45, 2.75) is 4.90 Å². The Labute approximate surface area is 127 Å². The Morgan fingerprint density at radius 1 is 1.24 bits per heavy atom. The summed E-state index contributed by atoms with van der Waals surface area (Å²) >= 11 is 1.75. The standard InChI is InChI=1S/C16H15N2O2S/c1-17-6-4-3-5-11(17)7-16-18(2)12-8-13-14(20-10-19-13)9-15(12)21-16/h3-9H,10H2,1-2H3/q+1. The van der Waals surface area contributed by atoms with Crippen LogP contribution in [-0.4, -0.2) is 13.8 Å². The van der Waals surface area contributed by atoms with Gasteiger partial charge in [0.15, 0.2) is 17.7 Å². The zero-order chi connectivity index (χ0) is 14.4. The second-order valence-corrected chi connectivity index (χ2v) is 6.12. The van der Waals surface area contributed by atoms with Crippen molar-refractivity contribution in [2.75, 3.05) is 18.7 Å². The third kappa shape index (κ3) is 2.05. The normalized spacial score (nSPS) is 17.4. The van der Waals surface area contributed by atoms with Crippen molar-refractivity contribution < 1.29 is 14.0 Å². The number of fused-ring (bicyclic) bond motifs is 2. The predicted molar refractivity (Wildman–Crippen MR) is 82.4 cm³/mol. The molecular formula is C16H15N2O2S+. The first-order valence-corrected chi connectivity index (χ1v) is 7.55. The van der Waals surface area contributed by atoms with E-state index in [1.165, 1.54) is 15.6 Å². The van der Waals surface area contributed by atoms with Crippen molar-refractivity contribution >= 4 is 23.5 Å². The number of benzene rings is 1. The lowest BCUT2D eigenvalue weighted by molar-refractivity contribution is -0.673. The number of anilines is 1. The van der Waals surface area contributed by atoms with Crippen LogP contribution in [0.5, 0.6) is 11.5 Å². The molecule has 0 N–H and O–H groups in total. The second kappa shape index (κ2) is 4.70. The predicted octanol–water partition coefficient (Wildman–Crippen LogP) is 2.78. The molecule has 0 fully saturated rings. The molecule has 21 heavy (non-hydrogen) atoms. The van der Waals surface area contributed by atoms with Crippen LogP contribution in [0, 0.1) is 0 Å². The van der Waals surface area contributed by atoms with Crippen molar-refractivity contribution in [2.24, 2.45) is 7.05 Å². The van der Waals surface area contributed by atoms with Crippen LogP contribution in [0.15, 0.2) is 46.5 Å². The van der Waals surface area contributed by atoms with Gasteiger partial charge < -0.3 is 14.4 Å². The summed E-state index contributed by atoms with van der Waals surface area (Å²) in [7, 11) is 4.13. The fourth-order valence-corrected chi connectivity index (χ4v) is 3.60. The molecule has 4 rings (SSSR count). The molecule has 0 atom stereocenters. The third-order valence-corrected chi connectivity index (χ3v) is 4.87. The van der Waals surface area contributed by atoms with Crippen LogP contribution >= 0.6 is 11.8 Å². The summed E-state index contributed by atoms with van der Waals surface area (Å²) in [6, 6.07) is 10.3. The number of thioether (sulfide) groups is 1. The largest absolute Gasteiger partial charge is 0.454 e. The van der Waals surface area contributed by atoms with Gasteiger partial charge in [0.2, 0.25) is 12.5 Å². The molecule has 2 aliphatic heterocycles. The highest BCUT2D eigenvalue weighted by molar-refractivity contribution is 8.03. The van der Waals surface area contributed by atoms with Crippen molar-refractivity contribution in [3.05, 3.63) is 47.3 Å². The lowest BCUT2D eigenvalue weighted by atomic mass is 10.2. The van der Waals surface area contributed by atoms with Crippen LogP contribution in [0.2, 0.25) is 0 Å². The smallest absolute Gasteiger partial charge is 0.231 e. The minimum absolute atomic E-state index is 0.315. The molecular weight excluding hydrogens is 284 g/mol. The monoisotopic (exact) mass is 299 g/mol. The summed E-state index contributed by atoms with van der Waals surface area (Å²) in [4.78, 5) is 3.39. The zero-order valence-corrected chi connectivity index (χ0v) is 12.7. The van der Waals surface area contributed by atoms with E-state index in [2.05, 4.69) is 60.1 Å². The quantitative estimate of drug-likeness (QED) is 0.756. The van der Waals surface area contributed by atoms with Gasteiger partial charge in [-0.3, -0.25) is 0 Å². The highest BCUT2D eigenvalue weighted by Gasteiger charge is 2.27. The van der Waals surface area contributed by atoms with Gasteiger partial charge in [0.05, 0.1) is 10.7 Å². The van der Waals surface area contributed by atoms with E-state index >= 15 is 0 Å². The van der Waals surface area contributed by atoms with E-state index < -0.39 is 0 Å². The summed E-state index contributed by atoms with van der Waals surface area (Å²) in [5.74, 6) is 1.66. The Balaban J connectivity index is 1.73. The van der Waals surface area contributed by atoms with Crippen LogP contribution in [0.1, 0.15) is 5.69 Å². The Hall–Kier alpha value is -2.14. The number of pyridine rings is 1. The molecule has 1 aromatic carbocycles. The average Bonchev–Trinajstić information content (AvgIpc) is 3.05. The Kier molecular flexibility index (Phi) is 2.82. The molecule has 1 aromatic heterocycles. The molecule has 0 radical (unpaired) electrons. The molecule has 0 aliphatic carbocycles. The summed E-state index contributed by atoms with van der Waals surface area (Å²) in [5, 5.41) is 1.19. The highest BCUT2D eigenvalue weighted by atomic mass is 32.2. The van der Waals surface area contributed by atoms with Crippen molar-refractivity contribution in [1.82, 2.24) is 0 Å². The minimum atomic E-state index is 0.315. The second-order valence-electron chi connectivity index (χ2n) is 5.05. The van der Waals surface area contributed by atoms with Gasteiger partial charge in [-0.2, -0.15) is 0 Å². The molecule has 5 heteroatoms. The number of nitrogens with zero attached hydrogens (tertiary/aromatic N) is 2. The summed E-state index contributed by atoms with van der Waals surface area (Å²) in [5.41, 5.74) is 2.33. The van der Waals surface area contributed by atoms with Crippen molar-refractivity contribution in [3.63, 3.8) is 0 Å². The van der Waals surface area contributed by atoms with Crippen molar-refractivity contribution in [1.29, 1.82) is 0 Å². The topological polar surface area (TPSA) is 25.6 Å². The molecule has 0 saturated carbocycles. The fraction of sp³-hybridized carbons (Fsp3) is 0.188. The molecule has 0 amide bonds. The van der Waals surface area contributed by atoms with E-state index in [0.29, 0.717) is 6.79 Å². The highest BCUT2D eigenvalue weighted by Crippen LogP contribution is 2.50. The summed E-state index contributed by atoms with van der Waals surface area (Å²) in [6.07, 6.45) is 4.24. The van der Waals surface area contributed by atoms with Crippen molar-refractivity contribution in [3.8, 4) is 11.5 Å². The molecule has 0 spiro atoms. The number of hydrogen-bond donors (Lipinski definition) is 0. The third-order valence-electron chi connectivity index (χ3n) is 3.73. The molecule has 106 valence electrons. The lowest BCUT2D eigenvalue weighted by Gasteiger charge is -2.13. The molecule has 2 aromatic rings. The first-order valence-electron chi connectivity index (χ1n) is 6.74. The van der Waals surface area contributed by atoms with Crippen LogP contribution in [0.4, 0.5) is 5.69 Å². The number of ether oxygens (including phenoxy) is 2. The van der Waals surface area contributed by atoms with E-state index in [1.807, 2.05) is 6.07 Å². The molecule has 0 unspecified atom stereocenters. The summed E-state index contributed by atoms with van der Waals surface area (Å²) in [6.45, 7) is 0.315. The number of aromatic nitrogens is 1. The first-order chi connectivity index (χ1) is 10.2. The maximum absolute atomic E-state index is 5.46. The maximum Gasteiger partial charge on any atom is 0.231 e. The van der Waals surface area contributed by atoms with Gasteiger partial charge in [0.1, 0.15) is 7.05 Å². The zero-order valence-electron chi connectivity index (χ0n) is 11.9. The van der Waals surface area contributed by atoms with Gasteiger partial charge in [-0.1, -0.05) is 11.8 Å². The number of rotatable bonds is 1. The molecule has 2 aliphatic rings. The average molecular weight is 299 g/mol. The fourth-order valence-electron chi connectivity index (χ4n) is 2.50. The van der Waals surface area contributed by atoms with Crippen LogP contribution < -0.4 is 18.9 Å². The van der Waals surface area contributed by atoms with Gasteiger partial charge in [0.25, 0.3) is 0 Å². The molecule has 0 bridgehead atoms. The maximum atomic E-state index is 5.46. The lowest BCUT2D eigenvalue weighted by Crippen LogP contribution is -2.31. The van der Waals surface area contributed by atoms with Gasteiger partial charge in [-0.05, 0) is 6.07 Å². The molecule has 4 nitrogen and oxygen atoms in total. The van der Waals surface area contributed by atoms with E-state index in [4.69, 9.17) is 9.47 Å². The van der Waals surface area contributed by atoms with E-state index in [0.717, 1.165) is 17.2 Å². The Morgan fingerprint density at radius 3 is 2.86 bits per heavy atom. The van der Waals surface area contributed by atoms with Crippen LogP contribution in [0.3, 0.4) is 0 Å². The number of aryl methyl sites for hydroxylation is 1. The van der Waals surface area contributed by atoms with Gasteiger partial charge in [-0.15, -0.1) is 0 Å². The summed E-state index contributed by atoms with van der Waals surface area (Å²) < 4.78 is 13.0. The van der Waals surface area contributed by atoms with E-state index in [9.17, 15) is 0 Å². The SMILES string of the molecule is CN1/C(=C\c2cccc[n+]2C)Sc2cc3c(cc21)OCO3. The van der Waals surface area contributed by atoms with Crippen LogP contribution in [0.25, 0.3) is 6.08 Å². The van der Waals surface area contributed by atoms with Gasteiger partial charge in [-0.25, -0.2) is 4.57 Å². The first kappa shape index (κ1) is 12.6. The van der Waals surface area contributed by atoms with Gasteiger partial charge >= 0.3 is 0 Å². The molecule has 3 heterocycles. The Morgan fingerprint density at radius 2 is 2.05 bits per heavy atom. The number of hydrogen-bond acceptors (Lipinski definition) is 4. The van der Waals surface area contributed by atoms with Crippen LogP contribution in [-0.2, 0) is 7.05 Å². The van der Waals surface area contributed by atoms with E-state index in [1.54, 1.807) is 11.8 Å². The molecule has 0 saturated heterocycles. The minimum Gasteiger partial charge on any atom is -0.454 e. The van der Waals surface area contributed by atoms with Gasteiger partial charge in [0, 0.05) is 42.3 Å². The Bertz CT molecular complexity index is 758.